The van der Waals surface area contributed by atoms with Crippen molar-refractivity contribution in [2.75, 3.05) is 0 Å². The molecule has 0 bridgehead atoms. The molecular formula is C10H16O2. The molecule has 0 aliphatic carbocycles. The lowest BCUT2D eigenvalue weighted by Crippen LogP contribution is -1.94. The maximum absolute atomic E-state index is 10.2. The van der Waals surface area contributed by atoms with E-state index in [0.717, 1.165) is 12.0 Å². The fourth-order valence-corrected chi connectivity index (χ4v) is 0.734. The van der Waals surface area contributed by atoms with Gasteiger partial charge in [-0.1, -0.05) is 23.8 Å². The molecule has 12 heavy (non-hydrogen) atoms. The Morgan fingerprint density at radius 3 is 2.42 bits per heavy atom. The Bertz CT molecular complexity index is 198. The van der Waals surface area contributed by atoms with Crippen LogP contribution in [0.5, 0.6) is 0 Å². The second-order valence-corrected chi connectivity index (χ2v) is 3.13. The molecule has 2 heteroatoms. The fourth-order valence-electron chi connectivity index (χ4n) is 0.734. The first-order chi connectivity index (χ1) is 5.52. The lowest BCUT2D eigenvalue weighted by Gasteiger charge is -1.99. The standard InChI is InChI=1S/C10H16O2/c1-8(2)4-5-9(3)6-7-10(11)12/h4H,3,5-7H2,1-2H3,(H,11,12). The van der Waals surface area contributed by atoms with E-state index in [2.05, 4.69) is 12.7 Å². The Balaban J connectivity index is 3.61. The minimum Gasteiger partial charge on any atom is -0.481 e. The molecule has 2 nitrogen and oxygen atoms in total. The number of hydrogen-bond donors (Lipinski definition) is 1. The zero-order valence-electron chi connectivity index (χ0n) is 7.76. The van der Waals surface area contributed by atoms with Crippen LogP contribution in [0, 0.1) is 0 Å². The summed E-state index contributed by atoms with van der Waals surface area (Å²) in [5, 5.41) is 8.38. The number of hydrogen-bond acceptors (Lipinski definition) is 1. The average Bonchev–Trinajstić information content (AvgIpc) is 1.96. The second kappa shape index (κ2) is 5.58. The molecule has 1 N–H and O–H groups in total. The second-order valence-electron chi connectivity index (χ2n) is 3.13. The summed E-state index contributed by atoms with van der Waals surface area (Å²) in [7, 11) is 0. The molecule has 0 rings (SSSR count). The third-order valence-corrected chi connectivity index (χ3v) is 1.49. The van der Waals surface area contributed by atoms with Crippen molar-refractivity contribution in [3.8, 4) is 0 Å². The lowest BCUT2D eigenvalue weighted by molar-refractivity contribution is -0.136. The molecular weight excluding hydrogens is 152 g/mol. The van der Waals surface area contributed by atoms with E-state index in [0.29, 0.717) is 6.42 Å². The van der Waals surface area contributed by atoms with E-state index in [1.807, 2.05) is 13.8 Å². The average molecular weight is 168 g/mol. The SMILES string of the molecule is C=C(CC=C(C)C)CCC(=O)O. The number of aliphatic carboxylic acids is 1. The summed E-state index contributed by atoms with van der Waals surface area (Å²) in [5.74, 6) is -0.756. The molecule has 0 heterocycles. The largest absolute Gasteiger partial charge is 0.481 e. The first-order valence-electron chi connectivity index (χ1n) is 4.04. The minimum atomic E-state index is -0.756. The minimum absolute atomic E-state index is 0.190. The van der Waals surface area contributed by atoms with Crippen LogP contribution in [0.4, 0.5) is 0 Å². The number of carbonyl (C=O) groups is 1. The Kier molecular flexibility index (Phi) is 5.09. The number of allylic oxidation sites excluding steroid dienone is 3. The summed E-state index contributed by atoms with van der Waals surface area (Å²) in [6.45, 7) is 7.83. The highest BCUT2D eigenvalue weighted by Crippen LogP contribution is 2.09. The van der Waals surface area contributed by atoms with Gasteiger partial charge < -0.3 is 5.11 Å². The van der Waals surface area contributed by atoms with Crippen LogP contribution in [0.1, 0.15) is 33.1 Å². The molecule has 68 valence electrons. The van der Waals surface area contributed by atoms with Crippen LogP contribution in [0.25, 0.3) is 0 Å². The highest BCUT2D eigenvalue weighted by molar-refractivity contribution is 5.67. The van der Waals surface area contributed by atoms with E-state index >= 15 is 0 Å². The highest BCUT2D eigenvalue weighted by Gasteiger charge is 1.98. The summed E-state index contributed by atoms with van der Waals surface area (Å²) >= 11 is 0. The summed E-state index contributed by atoms with van der Waals surface area (Å²) in [6.07, 6.45) is 3.63. The van der Waals surface area contributed by atoms with Crippen molar-refractivity contribution in [1.29, 1.82) is 0 Å². The predicted molar refractivity (Wildman–Crippen MR) is 50.1 cm³/mol. The third kappa shape index (κ3) is 7.06. The van der Waals surface area contributed by atoms with E-state index in [-0.39, 0.29) is 6.42 Å². The van der Waals surface area contributed by atoms with Crippen molar-refractivity contribution in [3.63, 3.8) is 0 Å². The van der Waals surface area contributed by atoms with E-state index in [4.69, 9.17) is 5.11 Å². The van der Waals surface area contributed by atoms with Crippen LogP contribution in [0.15, 0.2) is 23.8 Å². The van der Waals surface area contributed by atoms with Gasteiger partial charge in [-0.2, -0.15) is 0 Å². The quantitative estimate of drug-likeness (QED) is 0.641. The van der Waals surface area contributed by atoms with E-state index < -0.39 is 5.97 Å². The fraction of sp³-hybridized carbons (Fsp3) is 0.500. The van der Waals surface area contributed by atoms with E-state index in [1.54, 1.807) is 0 Å². The molecule has 0 aromatic carbocycles. The molecule has 0 amide bonds. The van der Waals surface area contributed by atoms with E-state index in [9.17, 15) is 4.79 Å². The first-order valence-corrected chi connectivity index (χ1v) is 4.04. The Morgan fingerprint density at radius 1 is 1.42 bits per heavy atom. The van der Waals surface area contributed by atoms with Crippen LogP contribution in [0.2, 0.25) is 0 Å². The molecule has 0 aliphatic heterocycles. The summed E-state index contributed by atoms with van der Waals surface area (Å²) < 4.78 is 0. The van der Waals surface area contributed by atoms with Crippen molar-refractivity contribution in [2.24, 2.45) is 0 Å². The van der Waals surface area contributed by atoms with Gasteiger partial charge in [0, 0.05) is 6.42 Å². The third-order valence-electron chi connectivity index (χ3n) is 1.49. The molecule has 0 atom stereocenters. The maximum Gasteiger partial charge on any atom is 0.303 e. The molecule has 0 radical (unpaired) electrons. The van der Waals surface area contributed by atoms with Crippen molar-refractivity contribution >= 4 is 5.97 Å². The van der Waals surface area contributed by atoms with Gasteiger partial charge in [-0.05, 0) is 26.7 Å². The zero-order chi connectivity index (χ0) is 9.56. The summed E-state index contributed by atoms with van der Waals surface area (Å²) in [6, 6.07) is 0. The molecule has 0 fully saturated rings. The van der Waals surface area contributed by atoms with Gasteiger partial charge in [-0.25, -0.2) is 0 Å². The Labute approximate surface area is 73.6 Å². The Morgan fingerprint density at radius 2 is 2.00 bits per heavy atom. The van der Waals surface area contributed by atoms with Gasteiger partial charge in [0.2, 0.25) is 0 Å². The maximum atomic E-state index is 10.2. The van der Waals surface area contributed by atoms with Gasteiger partial charge in [0.05, 0.1) is 0 Å². The van der Waals surface area contributed by atoms with Crippen LogP contribution in [0.3, 0.4) is 0 Å². The van der Waals surface area contributed by atoms with Gasteiger partial charge in [0.1, 0.15) is 0 Å². The molecule has 0 aromatic heterocycles. The zero-order valence-corrected chi connectivity index (χ0v) is 7.76. The molecule has 0 unspecified atom stereocenters. The van der Waals surface area contributed by atoms with Crippen LogP contribution >= 0.6 is 0 Å². The van der Waals surface area contributed by atoms with Crippen LogP contribution in [-0.4, -0.2) is 11.1 Å². The smallest absolute Gasteiger partial charge is 0.303 e. The topological polar surface area (TPSA) is 37.3 Å². The molecule has 0 spiro atoms. The van der Waals surface area contributed by atoms with Gasteiger partial charge in [0.25, 0.3) is 0 Å². The molecule has 0 aromatic rings. The number of carboxylic acids is 1. The highest BCUT2D eigenvalue weighted by atomic mass is 16.4. The number of rotatable bonds is 5. The van der Waals surface area contributed by atoms with Gasteiger partial charge in [-0.3, -0.25) is 4.79 Å². The number of carboxylic acid groups (broad SMARTS) is 1. The lowest BCUT2D eigenvalue weighted by atomic mass is 10.1. The van der Waals surface area contributed by atoms with Crippen molar-refractivity contribution in [2.45, 2.75) is 33.1 Å². The Hall–Kier alpha value is -1.05. The molecule has 0 saturated heterocycles. The van der Waals surface area contributed by atoms with Gasteiger partial charge >= 0.3 is 5.97 Å². The monoisotopic (exact) mass is 168 g/mol. The molecule has 0 saturated carbocycles. The van der Waals surface area contributed by atoms with Crippen molar-refractivity contribution in [1.82, 2.24) is 0 Å². The first kappa shape index (κ1) is 11.0. The van der Waals surface area contributed by atoms with Crippen LogP contribution < -0.4 is 0 Å². The normalized spacial score (nSPS) is 9.17. The van der Waals surface area contributed by atoms with Crippen LogP contribution in [-0.2, 0) is 4.79 Å². The molecule has 0 aliphatic rings. The van der Waals surface area contributed by atoms with Gasteiger partial charge in [-0.15, -0.1) is 0 Å². The van der Waals surface area contributed by atoms with Crippen molar-refractivity contribution in [3.05, 3.63) is 23.8 Å². The van der Waals surface area contributed by atoms with Crippen molar-refractivity contribution < 1.29 is 9.90 Å². The summed E-state index contributed by atoms with van der Waals surface area (Å²) in [4.78, 5) is 10.2. The van der Waals surface area contributed by atoms with E-state index in [1.165, 1.54) is 5.57 Å². The predicted octanol–water partition coefficient (Wildman–Crippen LogP) is 2.76. The summed E-state index contributed by atoms with van der Waals surface area (Å²) in [5.41, 5.74) is 2.23. The van der Waals surface area contributed by atoms with Gasteiger partial charge in [0.15, 0.2) is 0 Å².